The standard InChI is InChI=1S/C58H92N12O15S3/c1-7-34(2)48-58(83)70-22-15-18-45(70)55(80)68-49(36(4)71)56(81)66-43(50(60)75)33-88-32-38-26-37(31-87-6)27-39(28-38)84-23-12-8-9-13-24-85-61-30-46(72)63-40(16-10-11-20-59)51(76)62-35(3)57(82)69-21-14-17-44(69)54(79)64-41(19-25-86-5)52(77)65-42(29-47(73)74)53(78)67-48/h26-28,30,34-36,40-45,48-49,71H,7-25,29,31-33,59H2,1-6H3,(H2,60,75)(H,62,76)(H,63,72)(H,64,79)(H,65,77)(H,66,81)(H,67,78)(H,68,80)(H,73,74)/t34-,35-,36+,40-,41-,42-,43-,44-,45-,48-,49-/m0/s1. The fourth-order valence-corrected chi connectivity index (χ4v) is 12.2. The van der Waals surface area contributed by atoms with Gasteiger partial charge in [0.05, 0.1) is 19.1 Å². The molecule has 0 saturated carbocycles. The van der Waals surface area contributed by atoms with Crippen molar-refractivity contribution in [2.75, 3.05) is 56.9 Å². The van der Waals surface area contributed by atoms with E-state index in [1.165, 1.54) is 47.2 Å². The lowest BCUT2D eigenvalue weighted by atomic mass is 9.96. The quantitative estimate of drug-likeness (QED) is 0.106. The maximum absolute atomic E-state index is 14.6. The van der Waals surface area contributed by atoms with Gasteiger partial charge in [-0.1, -0.05) is 31.5 Å². The highest BCUT2D eigenvalue weighted by atomic mass is 32.2. The van der Waals surface area contributed by atoms with Gasteiger partial charge in [-0.2, -0.15) is 35.3 Å². The molecule has 88 heavy (non-hydrogen) atoms. The number of carbonyl (C=O) groups excluding carboxylic acids is 10. The van der Waals surface area contributed by atoms with Crippen molar-refractivity contribution in [2.24, 2.45) is 22.5 Å². The molecule has 3 aliphatic heterocycles. The molecule has 2 bridgehead atoms. The minimum atomic E-state index is -1.78. The molecule has 0 spiro atoms. The number of aliphatic carboxylic acids is 1. The number of ether oxygens (including phenoxy) is 1. The van der Waals surface area contributed by atoms with Crippen LogP contribution in [-0.2, 0) is 69.1 Å². The Balaban J connectivity index is 1.62. The predicted octanol–water partition coefficient (Wildman–Crippen LogP) is 0.402. The number of nitrogens with one attached hydrogen (secondary N) is 7. The number of aliphatic hydroxyl groups excluding tert-OH is 1. The van der Waals surface area contributed by atoms with Crippen LogP contribution in [0.3, 0.4) is 0 Å². The highest BCUT2D eigenvalue weighted by molar-refractivity contribution is 7.98. The van der Waals surface area contributed by atoms with Crippen molar-refractivity contribution in [1.29, 1.82) is 0 Å². The van der Waals surface area contributed by atoms with Crippen molar-refractivity contribution in [3.05, 3.63) is 29.3 Å². The summed E-state index contributed by atoms with van der Waals surface area (Å²) in [7, 11) is 0. The highest BCUT2D eigenvalue weighted by Crippen LogP contribution is 2.26. The molecule has 10 amide bonds. The van der Waals surface area contributed by atoms with Crippen LogP contribution in [-0.4, -0.2) is 209 Å². The van der Waals surface area contributed by atoms with Crippen molar-refractivity contribution >= 4 is 107 Å². The number of carboxylic acid groups (broad SMARTS) is 1. The number of aliphatic hydroxyl groups is 1. The topological polar surface area (TPSA) is 402 Å². The maximum atomic E-state index is 14.6. The largest absolute Gasteiger partial charge is 0.494 e. The Labute approximate surface area is 527 Å². The van der Waals surface area contributed by atoms with E-state index in [1.807, 2.05) is 24.5 Å². The molecule has 4 rings (SSSR count). The Morgan fingerprint density at radius 1 is 0.727 bits per heavy atom. The second-order valence-corrected chi connectivity index (χ2v) is 25.2. The summed E-state index contributed by atoms with van der Waals surface area (Å²) in [5.41, 5.74) is 13.4. The van der Waals surface area contributed by atoms with Gasteiger partial charge < -0.3 is 78.3 Å². The number of hydrogen-bond donors (Lipinski definition) is 11. The zero-order chi connectivity index (χ0) is 64.9. The molecular formula is C58H92N12O15S3. The van der Waals surface area contributed by atoms with Crippen molar-refractivity contribution in [3.63, 3.8) is 0 Å². The van der Waals surface area contributed by atoms with Crippen LogP contribution in [0.4, 0.5) is 0 Å². The molecular weight excluding hydrogens is 1200 g/mol. The van der Waals surface area contributed by atoms with Gasteiger partial charge in [-0.15, -0.1) is 0 Å². The highest BCUT2D eigenvalue weighted by Gasteiger charge is 2.43. The monoisotopic (exact) mass is 1290 g/mol. The van der Waals surface area contributed by atoms with Crippen LogP contribution in [0.2, 0.25) is 0 Å². The number of hydrogen-bond acceptors (Lipinski definition) is 19. The van der Waals surface area contributed by atoms with Crippen molar-refractivity contribution < 1.29 is 72.5 Å². The van der Waals surface area contributed by atoms with E-state index in [9.17, 15) is 63.0 Å². The number of fused-ring (bicyclic) bond motifs is 4. The molecule has 1 aromatic rings. The summed E-state index contributed by atoms with van der Waals surface area (Å²) in [6.45, 7) is 7.29. The van der Waals surface area contributed by atoms with Gasteiger partial charge in [0.15, 0.2) is 0 Å². The third kappa shape index (κ3) is 24.2. The van der Waals surface area contributed by atoms with Gasteiger partial charge in [0, 0.05) is 30.3 Å². The van der Waals surface area contributed by atoms with Crippen molar-refractivity contribution in [1.82, 2.24) is 47.0 Å². The van der Waals surface area contributed by atoms with Gasteiger partial charge in [-0.3, -0.25) is 52.7 Å². The number of benzene rings is 1. The number of oxime groups is 1. The van der Waals surface area contributed by atoms with Gasteiger partial charge in [0.25, 0.3) is 5.91 Å². The molecule has 1 aromatic carbocycles. The number of nitrogens with two attached hydrogens (primary N) is 2. The van der Waals surface area contributed by atoms with E-state index in [0.29, 0.717) is 74.7 Å². The van der Waals surface area contributed by atoms with Crippen LogP contribution >= 0.6 is 35.3 Å². The number of primary amides is 1. The smallest absolute Gasteiger partial charge is 0.305 e. The lowest BCUT2D eigenvalue weighted by Crippen LogP contribution is -2.62. The molecule has 11 atom stereocenters. The molecule has 0 unspecified atom stereocenters. The summed E-state index contributed by atoms with van der Waals surface area (Å²) in [6.07, 6.45) is 7.76. The average molecular weight is 1290 g/mol. The number of rotatable bonds is 15. The Morgan fingerprint density at radius 2 is 1.34 bits per heavy atom. The van der Waals surface area contributed by atoms with Crippen LogP contribution in [0.15, 0.2) is 23.4 Å². The number of amides is 10. The van der Waals surface area contributed by atoms with Crippen LogP contribution in [0.25, 0.3) is 0 Å². The Morgan fingerprint density at radius 3 is 1.97 bits per heavy atom. The van der Waals surface area contributed by atoms with Crippen LogP contribution in [0.5, 0.6) is 5.75 Å². The summed E-state index contributed by atoms with van der Waals surface area (Å²) in [5.74, 6) is -7.93. The van der Waals surface area contributed by atoms with Crippen molar-refractivity contribution in [2.45, 2.75) is 190 Å². The normalized spacial score (nSPS) is 26.2. The summed E-state index contributed by atoms with van der Waals surface area (Å²) in [6, 6.07) is -5.96. The minimum Gasteiger partial charge on any atom is -0.494 e. The first kappa shape index (κ1) is 74.1. The zero-order valence-electron chi connectivity index (χ0n) is 51.3. The third-order valence-electron chi connectivity index (χ3n) is 15.3. The number of carbonyl (C=O) groups is 11. The van der Waals surface area contributed by atoms with E-state index in [2.05, 4.69) is 42.4 Å². The lowest BCUT2D eigenvalue weighted by molar-refractivity contribution is -0.145. The first-order chi connectivity index (χ1) is 42.0. The minimum absolute atomic E-state index is 0.0150. The molecule has 0 radical (unpaired) electrons. The van der Waals surface area contributed by atoms with E-state index < -0.39 is 138 Å². The van der Waals surface area contributed by atoms with Gasteiger partial charge in [-0.25, -0.2) is 0 Å². The Kier molecular flexibility index (Phi) is 32.8. The second-order valence-electron chi connectivity index (χ2n) is 22.3. The van der Waals surface area contributed by atoms with E-state index in [0.717, 1.165) is 36.6 Å². The Bertz CT molecular complexity index is 2570. The van der Waals surface area contributed by atoms with Crippen LogP contribution < -0.4 is 53.4 Å². The number of unbranched alkanes of at least 4 members (excludes halogenated alkanes) is 1. The molecule has 3 heterocycles. The first-order valence-corrected chi connectivity index (χ1v) is 34.1. The number of thioether (sulfide) groups is 3. The van der Waals surface area contributed by atoms with E-state index in [4.69, 9.17) is 21.0 Å². The van der Waals surface area contributed by atoms with Crippen LogP contribution in [0, 0.1) is 5.92 Å². The van der Waals surface area contributed by atoms with Gasteiger partial charge >= 0.3 is 5.97 Å². The van der Waals surface area contributed by atoms with Gasteiger partial charge in [0.2, 0.25) is 53.2 Å². The second kappa shape index (κ2) is 38.9. The predicted molar refractivity (Wildman–Crippen MR) is 335 cm³/mol. The van der Waals surface area contributed by atoms with E-state index >= 15 is 0 Å². The molecule has 0 aromatic heterocycles. The molecule has 13 N–H and O–H groups in total. The fraction of sp³-hybridized carbons (Fsp3) is 0.690. The molecule has 0 aliphatic carbocycles. The molecule has 30 heteroatoms. The SMILES string of the molecule is CC[C@H](C)[C@@H]1NC(=O)[C@H](CC(=O)O)NC(=O)[C@H](CCSC)NC(=O)[C@@H]2CCCN2C(=O)[C@H](C)NC(=O)[C@H](CCCCN)NC(=O)C=NOCCCCCCOc2cc(CSC)cc(c2)CSC[C@@H](C(N)=O)NC(=O)[C@H]([C@@H](C)O)NC(=O)[C@@H]2CCCN2C1=O. The fourth-order valence-electron chi connectivity index (χ4n) is 10.2. The Hall–Kier alpha value is -6.37. The summed E-state index contributed by atoms with van der Waals surface area (Å²) in [5, 5.41) is 42.8. The summed E-state index contributed by atoms with van der Waals surface area (Å²) >= 11 is 4.29. The lowest BCUT2D eigenvalue weighted by Gasteiger charge is -2.33. The molecule has 27 nitrogen and oxygen atoms in total. The van der Waals surface area contributed by atoms with E-state index in [1.54, 1.807) is 31.9 Å². The van der Waals surface area contributed by atoms with Gasteiger partial charge in [0.1, 0.15) is 72.9 Å². The summed E-state index contributed by atoms with van der Waals surface area (Å²) < 4.78 is 6.15. The van der Waals surface area contributed by atoms with E-state index in [-0.39, 0.29) is 51.1 Å². The van der Waals surface area contributed by atoms with Crippen molar-refractivity contribution in [3.8, 4) is 5.75 Å². The third-order valence-corrected chi connectivity index (χ3v) is 17.6. The molecule has 3 aliphatic rings. The molecule has 492 valence electrons. The average Bonchev–Trinajstić information content (AvgIpc) is 3.60. The zero-order valence-corrected chi connectivity index (χ0v) is 53.8. The first-order valence-electron chi connectivity index (χ1n) is 30.1. The van der Waals surface area contributed by atoms with Gasteiger partial charge in [-0.05, 0) is 145 Å². The van der Waals surface area contributed by atoms with Crippen LogP contribution in [0.1, 0.15) is 129 Å². The number of carboxylic acids is 1. The molecule has 2 saturated heterocycles. The number of nitrogens with zero attached hydrogens (tertiary/aromatic N) is 3. The summed E-state index contributed by atoms with van der Waals surface area (Å²) in [4.78, 5) is 159. The maximum Gasteiger partial charge on any atom is 0.305 e. The molecule has 2 fully saturated rings.